The number of hydrogen-bond acceptors (Lipinski definition) is 5. The molecule has 1 unspecified atom stereocenters. The molecule has 0 radical (unpaired) electrons. The molecule has 2 N–H and O–H groups in total. The molecule has 0 bridgehead atoms. The largest absolute Gasteiger partial charge is 0.385 e. The Balaban J connectivity index is 1.65. The molecule has 8 heteroatoms. The number of aromatic nitrogens is 2. The first-order valence-electron chi connectivity index (χ1n) is 9.19. The molecule has 2 aromatic heterocycles. The van der Waals surface area contributed by atoms with Crippen LogP contribution in [0.15, 0.2) is 54.7 Å². The fraction of sp³-hybridized carbons (Fsp3) is 0.286. The summed E-state index contributed by atoms with van der Waals surface area (Å²) >= 11 is 5.83. The molecule has 6 nitrogen and oxygen atoms in total. The minimum absolute atomic E-state index is 0.0602. The van der Waals surface area contributed by atoms with Gasteiger partial charge in [0.05, 0.1) is 17.7 Å². The molecule has 29 heavy (non-hydrogen) atoms. The zero-order valence-electron chi connectivity index (χ0n) is 15.4. The first kappa shape index (κ1) is 19.7. The molecule has 0 spiro atoms. The minimum Gasteiger partial charge on any atom is -0.385 e. The van der Waals surface area contributed by atoms with Gasteiger partial charge in [0.25, 0.3) is 5.91 Å². The second kappa shape index (κ2) is 8.02. The van der Waals surface area contributed by atoms with E-state index in [0.29, 0.717) is 16.2 Å². The number of ether oxygens (including phenoxy) is 1. The van der Waals surface area contributed by atoms with Crippen molar-refractivity contribution in [1.29, 1.82) is 0 Å². The number of fused-ring (bicyclic) bond motifs is 1. The second-order valence-electron chi connectivity index (χ2n) is 7.08. The summed E-state index contributed by atoms with van der Waals surface area (Å²) in [6.07, 6.45) is -1.51. The van der Waals surface area contributed by atoms with Gasteiger partial charge in [-0.3, -0.25) is 4.79 Å². The number of pyridine rings is 2. The number of carbonyl (C=O) groups excluding carboxylic acids is 1. The maximum Gasteiger partial charge on any atom is 0.270 e. The molecular formula is C21H19ClFN3O3. The zero-order chi connectivity index (χ0) is 20.4. The van der Waals surface area contributed by atoms with Crippen LogP contribution >= 0.6 is 11.6 Å². The molecule has 1 aromatic carbocycles. The molecule has 1 amide bonds. The number of rotatable bonds is 4. The van der Waals surface area contributed by atoms with Gasteiger partial charge in [-0.05, 0) is 36.6 Å². The summed E-state index contributed by atoms with van der Waals surface area (Å²) in [4.78, 5) is 21.4. The van der Waals surface area contributed by atoms with Gasteiger partial charge in [0.2, 0.25) is 6.36 Å². The highest BCUT2D eigenvalue weighted by Crippen LogP contribution is 2.30. The van der Waals surface area contributed by atoms with Crippen molar-refractivity contribution >= 4 is 28.4 Å². The van der Waals surface area contributed by atoms with Gasteiger partial charge >= 0.3 is 0 Å². The van der Waals surface area contributed by atoms with Crippen LogP contribution in [0.5, 0.6) is 0 Å². The number of nitrogens with one attached hydrogen (secondary N) is 1. The SMILES string of the molecule is O=C(N[C@@]1(Cc2ccc(Cl)nc2)CCOC(F)[C@@H]1O)c1ccc2ccccc2n1. The number of benzene rings is 1. The molecule has 1 fully saturated rings. The Morgan fingerprint density at radius 1 is 1.28 bits per heavy atom. The quantitative estimate of drug-likeness (QED) is 0.640. The Kier molecular flexibility index (Phi) is 5.45. The van der Waals surface area contributed by atoms with E-state index in [4.69, 9.17) is 16.3 Å². The first-order valence-corrected chi connectivity index (χ1v) is 9.57. The predicted molar refractivity (Wildman–Crippen MR) is 106 cm³/mol. The molecule has 1 aliphatic rings. The van der Waals surface area contributed by atoms with Gasteiger partial charge in [-0.25, -0.2) is 14.4 Å². The van der Waals surface area contributed by atoms with Crippen molar-refractivity contribution in [1.82, 2.24) is 15.3 Å². The van der Waals surface area contributed by atoms with Crippen LogP contribution in [0.4, 0.5) is 4.39 Å². The van der Waals surface area contributed by atoms with Gasteiger partial charge in [-0.2, -0.15) is 0 Å². The Labute approximate surface area is 171 Å². The van der Waals surface area contributed by atoms with Crippen molar-refractivity contribution in [2.45, 2.75) is 30.8 Å². The third kappa shape index (κ3) is 4.07. The highest BCUT2D eigenvalue weighted by Gasteiger charge is 2.47. The van der Waals surface area contributed by atoms with Gasteiger partial charge in [0, 0.05) is 11.6 Å². The number of aliphatic hydroxyl groups excluding tert-OH is 1. The van der Waals surface area contributed by atoms with Crippen LogP contribution < -0.4 is 5.32 Å². The topological polar surface area (TPSA) is 84.3 Å². The molecule has 0 saturated carbocycles. The monoisotopic (exact) mass is 415 g/mol. The van der Waals surface area contributed by atoms with E-state index in [0.717, 1.165) is 5.39 Å². The molecule has 3 aromatic rings. The molecule has 4 rings (SSSR count). The molecular weight excluding hydrogens is 397 g/mol. The lowest BCUT2D eigenvalue weighted by atomic mass is 9.81. The average molecular weight is 416 g/mol. The number of aliphatic hydroxyl groups is 1. The van der Waals surface area contributed by atoms with Crippen LogP contribution in [-0.4, -0.2) is 45.6 Å². The fourth-order valence-corrected chi connectivity index (χ4v) is 3.69. The average Bonchev–Trinajstić information content (AvgIpc) is 2.73. The van der Waals surface area contributed by atoms with Gasteiger partial charge in [-0.15, -0.1) is 0 Å². The van der Waals surface area contributed by atoms with E-state index in [9.17, 15) is 14.3 Å². The summed E-state index contributed by atoms with van der Waals surface area (Å²) in [5.41, 5.74) is 0.296. The van der Waals surface area contributed by atoms with Gasteiger partial charge < -0.3 is 15.2 Å². The number of alkyl halides is 1. The number of halogens is 2. The summed E-state index contributed by atoms with van der Waals surface area (Å²) in [7, 11) is 0. The Morgan fingerprint density at radius 2 is 2.10 bits per heavy atom. The lowest BCUT2D eigenvalue weighted by Gasteiger charge is -2.43. The Morgan fingerprint density at radius 3 is 2.90 bits per heavy atom. The minimum atomic E-state index is -1.91. The van der Waals surface area contributed by atoms with Crippen molar-refractivity contribution < 1.29 is 19.0 Å². The zero-order valence-corrected chi connectivity index (χ0v) is 16.1. The molecule has 150 valence electrons. The van der Waals surface area contributed by atoms with Crippen LogP contribution in [0.2, 0.25) is 5.15 Å². The van der Waals surface area contributed by atoms with Crippen molar-refractivity contribution in [3.05, 3.63) is 71.1 Å². The van der Waals surface area contributed by atoms with Crippen LogP contribution in [-0.2, 0) is 11.2 Å². The summed E-state index contributed by atoms with van der Waals surface area (Å²) in [5.74, 6) is -0.495. The van der Waals surface area contributed by atoms with E-state index in [1.54, 1.807) is 30.5 Å². The Bertz CT molecular complexity index is 1030. The standard InChI is InChI=1S/C21H19ClFN3O3/c22-17-8-5-13(12-24-17)11-21(9-10-29-19(23)18(21)27)26-20(28)16-7-6-14-3-1-2-4-15(14)25-16/h1-8,12,18-19,27H,9-11H2,(H,26,28)/t18-,19?,21+/m0/s1. The summed E-state index contributed by atoms with van der Waals surface area (Å²) in [6, 6.07) is 14.2. The van der Waals surface area contributed by atoms with Gasteiger partial charge in [-0.1, -0.05) is 41.9 Å². The third-order valence-corrected chi connectivity index (χ3v) is 5.36. The number of carbonyl (C=O) groups is 1. The highest BCUT2D eigenvalue weighted by molar-refractivity contribution is 6.29. The molecule has 3 atom stereocenters. The van der Waals surface area contributed by atoms with Crippen LogP contribution in [0.1, 0.15) is 22.5 Å². The van der Waals surface area contributed by atoms with Crippen LogP contribution in [0.25, 0.3) is 10.9 Å². The highest BCUT2D eigenvalue weighted by atomic mass is 35.5. The van der Waals surface area contributed by atoms with Gasteiger partial charge in [0.1, 0.15) is 17.0 Å². The van der Waals surface area contributed by atoms with E-state index in [1.165, 1.54) is 0 Å². The van der Waals surface area contributed by atoms with E-state index in [2.05, 4.69) is 15.3 Å². The third-order valence-electron chi connectivity index (χ3n) is 5.14. The maximum atomic E-state index is 14.2. The number of amides is 1. The van der Waals surface area contributed by atoms with Crippen molar-refractivity contribution in [2.75, 3.05) is 6.61 Å². The summed E-state index contributed by atoms with van der Waals surface area (Å²) in [5, 5.41) is 14.6. The molecule has 3 heterocycles. The lowest BCUT2D eigenvalue weighted by Crippen LogP contribution is -2.64. The summed E-state index contributed by atoms with van der Waals surface area (Å²) < 4.78 is 19.2. The lowest BCUT2D eigenvalue weighted by molar-refractivity contribution is -0.177. The summed E-state index contributed by atoms with van der Waals surface area (Å²) in [6.45, 7) is 0.0602. The second-order valence-corrected chi connectivity index (χ2v) is 7.47. The van der Waals surface area contributed by atoms with Gasteiger partial charge in [0.15, 0.2) is 0 Å². The van der Waals surface area contributed by atoms with Crippen LogP contribution in [0, 0.1) is 0 Å². The van der Waals surface area contributed by atoms with Crippen molar-refractivity contribution in [3.63, 3.8) is 0 Å². The molecule has 0 aliphatic carbocycles. The van der Waals surface area contributed by atoms with E-state index < -0.39 is 23.9 Å². The molecule has 1 saturated heterocycles. The smallest absolute Gasteiger partial charge is 0.270 e. The van der Waals surface area contributed by atoms with Crippen molar-refractivity contribution in [2.24, 2.45) is 0 Å². The number of nitrogens with zero attached hydrogens (tertiary/aromatic N) is 2. The fourth-order valence-electron chi connectivity index (χ4n) is 3.57. The van der Waals surface area contributed by atoms with E-state index in [-0.39, 0.29) is 25.1 Å². The first-order chi connectivity index (χ1) is 14.0. The van der Waals surface area contributed by atoms with Crippen LogP contribution in [0.3, 0.4) is 0 Å². The Hall–Kier alpha value is -2.61. The van der Waals surface area contributed by atoms with E-state index in [1.807, 2.05) is 24.3 Å². The van der Waals surface area contributed by atoms with E-state index >= 15 is 0 Å². The molecule has 1 aliphatic heterocycles. The normalized spacial score (nSPS) is 24.4. The maximum absolute atomic E-state index is 14.2. The number of hydrogen-bond donors (Lipinski definition) is 2. The van der Waals surface area contributed by atoms with Crippen molar-refractivity contribution in [3.8, 4) is 0 Å². The number of para-hydroxylation sites is 1. The predicted octanol–water partition coefficient (Wildman–Crippen LogP) is 3.07.